The Morgan fingerprint density at radius 3 is 2.65 bits per heavy atom. The molecule has 0 saturated carbocycles. The number of hydrazone groups is 1. The number of nitrogens with one attached hydrogen (secondary N) is 1. The summed E-state index contributed by atoms with van der Waals surface area (Å²) in [4.78, 5) is 19.9. The molecule has 1 aromatic heterocycles. The monoisotopic (exact) mass is 437 g/mol. The number of nitro groups is 1. The number of nitrogens with zero attached hydrogens (tertiary/aromatic N) is 5. The Labute approximate surface area is 184 Å². The summed E-state index contributed by atoms with van der Waals surface area (Å²) >= 11 is 1.33. The van der Waals surface area contributed by atoms with Crippen LogP contribution in [0.5, 0.6) is 0 Å². The summed E-state index contributed by atoms with van der Waals surface area (Å²) in [6.45, 7) is 4.10. The zero-order valence-electron chi connectivity index (χ0n) is 16.8. The van der Waals surface area contributed by atoms with Crippen LogP contribution in [0.2, 0.25) is 0 Å². The first kappa shape index (κ1) is 20.8. The molecule has 0 radical (unpaired) electrons. The van der Waals surface area contributed by atoms with Gasteiger partial charge in [-0.25, -0.2) is 4.98 Å². The van der Waals surface area contributed by atoms with E-state index in [-0.39, 0.29) is 10.6 Å². The van der Waals surface area contributed by atoms with Gasteiger partial charge in [-0.05, 0) is 11.6 Å². The highest BCUT2D eigenvalue weighted by Gasteiger charge is 2.24. The SMILES string of the molecule is Nc1csc(NN=Cc2ccc(N3CCN(Cc4ccccc4)CC3)c([N+](=O)[O-])c2)n1. The van der Waals surface area contributed by atoms with Gasteiger partial charge in [0, 0.05) is 49.7 Å². The molecule has 1 aliphatic heterocycles. The summed E-state index contributed by atoms with van der Waals surface area (Å²) in [5.41, 5.74) is 11.0. The van der Waals surface area contributed by atoms with E-state index in [0.29, 0.717) is 22.2 Å². The molecular weight excluding hydrogens is 414 g/mol. The average molecular weight is 438 g/mol. The number of nitrogens with two attached hydrogens (primary N) is 1. The van der Waals surface area contributed by atoms with Gasteiger partial charge in [-0.1, -0.05) is 36.4 Å². The van der Waals surface area contributed by atoms with Gasteiger partial charge in [-0.2, -0.15) is 5.10 Å². The largest absolute Gasteiger partial charge is 0.383 e. The van der Waals surface area contributed by atoms with Crippen LogP contribution >= 0.6 is 11.3 Å². The normalized spacial score (nSPS) is 14.8. The number of hydrogen-bond donors (Lipinski definition) is 2. The summed E-state index contributed by atoms with van der Waals surface area (Å²) < 4.78 is 0. The molecular formula is C21H23N7O2S. The second-order valence-electron chi connectivity index (χ2n) is 7.20. The zero-order chi connectivity index (χ0) is 21.6. The van der Waals surface area contributed by atoms with Crippen LogP contribution in [0.1, 0.15) is 11.1 Å². The van der Waals surface area contributed by atoms with Gasteiger partial charge in [-0.15, -0.1) is 11.3 Å². The van der Waals surface area contributed by atoms with E-state index < -0.39 is 0 Å². The second-order valence-corrected chi connectivity index (χ2v) is 8.06. The average Bonchev–Trinajstić information content (AvgIpc) is 3.20. The molecule has 0 unspecified atom stereocenters. The molecule has 1 fully saturated rings. The minimum atomic E-state index is -0.335. The molecule has 10 heteroatoms. The number of rotatable bonds is 7. The van der Waals surface area contributed by atoms with Crippen molar-refractivity contribution < 1.29 is 4.92 Å². The summed E-state index contributed by atoms with van der Waals surface area (Å²) in [5.74, 6) is 0.423. The fourth-order valence-electron chi connectivity index (χ4n) is 3.52. The molecule has 9 nitrogen and oxygen atoms in total. The third-order valence-corrected chi connectivity index (χ3v) is 5.82. The molecule has 1 aliphatic rings. The minimum absolute atomic E-state index is 0.0824. The number of hydrogen-bond acceptors (Lipinski definition) is 9. The number of benzene rings is 2. The number of aromatic nitrogens is 1. The number of anilines is 3. The van der Waals surface area contributed by atoms with Gasteiger partial charge in [0.05, 0.1) is 11.1 Å². The van der Waals surface area contributed by atoms with Gasteiger partial charge >= 0.3 is 0 Å². The Morgan fingerprint density at radius 1 is 1.19 bits per heavy atom. The predicted octanol–water partition coefficient (Wildman–Crippen LogP) is 3.40. The standard InChI is InChI=1S/C21H23N7O2S/c22-20-15-31-21(24-20)25-23-13-17-6-7-18(19(12-17)28(29)30)27-10-8-26(9-11-27)14-16-4-2-1-3-5-16/h1-7,12-13,15H,8-11,14,22H2,(H,24,25). The fourth-order valence-corrected chi connectivity index (χ4v) is 4.07. The van der Waals surface area contributed by atoms with E-state index in [2.05, 4.69) is 37.4 Å². The molecule has 0 spiro atoms. The molecule has 31 heavy (non-hydrogen) atoms. The van der Waals surface area contributed by atoms with Gasteiger partial charge < -0.3 is 10.6 Å². The third kappa shape index (κ3) is 5.36. The molecule has 0 atom stereocenters. The van der Waals surface area contributed by atoms with Crippen LogP contribution in [0.3, 0.4) is 0 Å². The molecule has 2 aromatic carbocycles. The maximum Gasteiger partial charge on any atom is 0.293 e. The van der Waals surface area contributed by atoms with Crippen molar-refractivity contribution in [2.24, 2.45) is 5.10 Å². The summed E-state index contributed by atoms with van der Waals surface area (Å²) in [6.07, 6.45) is 1.53. The molecule has 0 bridgehead atoms. The van der Waals surface area contributed by atoms with Crippen LogP contribution in [-0.4, -0.2) is 47.2 Å². The van der Waals surface area contributed by atoms with Crippen molar-refractivity contribution >= 4 is 39.9 Å². The quantitative estimate of drug-likeness (QED) is 0.331. The van der Waals surface area contributed by atoms with Gasteiger partial charge in [0.1, 0.15) is 11.5 Å². The predicted molar refractivity (Wildman–Crippen MR) is 125 cm³/mol. The van der Waals surface area contributed by atoms with Crippen molar-refractivity contribution in [2.75, 3.05) is 42.2 Å². The third-order valence-electron chi connectivity index (χ3n) is 5.05. The van der Waals surface area contributed by atoms with E-state index in [4.69, 9.17) is 5.73 Å². The van der Waals surface area contributed by atoms with E-state index in [0.717, 1.165) is 32.7 Å². The van der Waals surface area contributed by atoms with Crippen LogP contribution in [0.15, 0.2) is 59.0 Å². The summed E-state index contributed by atoms with van der Waals surface area (Å²) in [6, 6.07) is 15.5. The lowest BCUT2D eigenvalue weighted by Crippen LogP contribution is -2.46. The molecule has 160 valence electrons. The van der Waals surface area contributed by atoms with Crippen LogP contribution in [0.25, 0.3) is 0 Å². The van der Waals surface area contributed by atoms with Crippen molar-refractivity contribution in [3.8, 4) is 0 Å². The Kier molecular flexibility index (Phi) is 6.39. The molecule has 4 rings (SSSR count). The molecule has 0 aliphatic carbocycles. The number of piperazine rings is 1. The first-order chi connectivity index (χ1) is 15.1. The van der Waals surface area contributed by atoms with Crippen LogP contribution in [0.4, 0.5) is 22.3 Å². The Bertz CT molecular complexity index is 1060. The highest BCUT2D eigenvalue weighted by atomic mass is 32.1. The lowest BCUT2D eigenvalue weighted by atomic mass is 10.1. The van der Waals surface area contributed by atoms with Crippen molar-refractivity contribution in [2.45, 2.75) is 6.54 Å². The fraction of sp³-hybridized carbons (Fsp3) is 0.238. The zero-order valence-corrected chi connectivity index (χ0v) is 17.7. The van der Waals surface area contributed by atoms with Gasteiger partial charge in [0.15, 0.2) is 0 Å². The molecule has 2 heterocycles. The Morgan fingerprint density at radius 2 is 1.97 bits per heavy atom. The molecule has 1 saturated heterocycles. The second kappa shape index (κ2) is 9.54. The molecule has 0 amide bonds. The minimum Gasteiger partial charge on any atom is -0.383 e. The van der Waals surface area contributed by atoms with Crippen molar-refractivity contribution in [1.29, 1.82) is 0 Å². The van der Waals surface area contributed by atoms with Gasteiger partial charge in [-0.3, -0.25) is 20.4 Å². The van der Waals surface area contributed by atoms with Crippen LogP contribution in [-0.2, 0) is 6.54 Å². The first-order valence-electron chi connectivity index (χ1n) is 9.88. The number of thiazole rings is 1. The van der Waals surface area contributed by atoms with Crippen LogP contribution < -0.4 is 16.1 Å². The van der Waals surface area contributed by atoms with E-state index in [1.165, 1.54) is 23.1 Å². The summed E-state index contributed by atoms with van der Waals surface area (Å²) in [5, 5.41) is 18.1. The van der Waals surface area contributed by atoms with Gasteiger partial charge in [0.25, 0.3) is 5.69 Å². The molecule has 3 aromatic rings. The number of nitro benzene ring substituents is 1. The van der Waals surface area contributed by atoms with E-state index in [9.17, 15) is 10.1 Å². The lowest BCUT2D eigenvalue weighted by Gasteiger charge is -2.35. The van der Waals surface area contributed by atoms with E-state index in [1.54, 1.807) is 17.5 Å². The van der Waals surface area contributed by atoms with Crippen molar-refractivity contribution in [3.63, 3.8) is 0 Å². The maximum atomic E-state index is 11.7. The highest BCUT2D eigenvalue weighted by molar-refractivity contribution is 7.14. The Hall–Kier alpha value is -3.50. The van der Waals surface area contributed by atoms with Crippen LogP contribution in [0, 0.1) is 10.1 Å². The van der Waals surface area contributed by atoms with E-state index in [1.807, 2.05) is 24.3 Å². The smallest absolute Gasteiger partial charge is 0.293 e. The van der Waals surface area contributed by atoms with E-state index >= 15 is 0 Å². The number of nitrogen functional groups attached to an aromatic ring is 1. The molecule has 3 N–H and O–H groups in total. The van der Waals surface area contributed by atoms with Gasteiger partial charge in [0.2, 0.25) is 5.13 Å². The van der Waals surface area contributed by atoms with Crippen molar-refractivity contribution in [3.05, 3.63) is 75.2 Å². The highest BCUT2D eigenvalue weighted by Crippen LogP contribution is 2.30. The maximum absolute atomic E-state index is 11.7. The lowest BCUT2D eigenvalue weighted by molar-refractivity contribution is -0.384. The Balaban J connectivity index is 1.40. The van der Waals surface area contributed by atoms with Crippen molar-refractivity contribution in [1.82, 2.24) is 9.88 Å². The summed E-state index contributed by atoms with van der Waals surface area (Å²) in [7, 11) is 0. The first-order valence-corrected chi connectivity index (χ1v) is 10.8. The topological polar surface area (TPSA) is 113 Å².